The number of ether oxygens (including phenoxy) is 1. The van der Waals surface area contributed by atoms with Gasteiger partial charge in [0, 0.05) is 11.8 Å². The summed E-state index contributed by atoms with van der Waals surface area (Å²) in [5.41, 5.74) is 0. The van der Waals surface area contributed by atoms with Crippen LogP contribution in [0.4, 0.5) is 0 Å². The molecular formula is C15H21NO4S. The molecule has 1 rings (SSSR count). The van der Waals surface area contributed by atoms with Gasteiger partial charge >= 0.3 is 5.97 Å². The standard InChI is InChI=1S/C15H21NO4S/c1-5-9(2)15(19)20-10(3)14(18)13-7-6-12(21-13)8-16-11(4)17/h6-7,9-10H,5,8H2,1-4H3,(H,16,17). The summed E-state index contributed by atoms with van der Waals surface area (Å²) in [6, 6.07) is 3.48. The van der Waals surface area contributed by atoms with Crippen LogP contribution in [0.5, 0.6) is 0 Å². The average Bonchev–Trinajstić information content (AvgIpc) is 2.91. The molecule has 21 heavy (non-hydrogen) atoms. The molecule has 1 amide bonds. The lowest BCUT2D eigenvalue weighted by Crippen LogP contribution is -2.26. The van der Waals surface area contributed by atoms with Gasteiger partial charge in [-0.05, 0) is 25.5 Å². The van der Waals surface area contributed by atoms with Crippen LogP contribution in [0.1, 0.15) is 48.7 Å². The van der Waals surface area contributed by atoms with Crippen LogP contribution in [-0.4, -0.2) is 23.8 Å². The first-order valence-electron chi connectivity index (χ1n) is 6.93. The summed E-state index contributed by atoms with van der Waals surface area (Å²) < 4.78 is 5.18. The maximum atomic E-state index is 12.2. The zero-order valence-electron chi connectivity index (χ0n) is 12.8. The van der Waals surface area contributed by atoms with Crippen molar-refractivity contribution in [1.82, 2.24) is 5.32 Å². The van der Waals surface area contributed by atoms with Crippen molar-refractivity contribution in [2.45, 2.75) is 46.8 Å². The number of rotatable bonds is 7. The van der Waals surface area contributed by atoms with Crippen LogP contribution in [0.25, 0.3) is 0 Å². The molecule has 0 saturated carbocycles. The van der Waals surface area contributed by atoms with Gasteiger partial charge in [0.2, 0.25) is 11.7 Å². The van der Waals surface area contributed by atoms with Crippen LogP contribution in [0.2, 0.25) is 0 Å². The summed E-state index contributed by atoms with van der Waals surface area (Å²) in [6.45, 7) is 7.09. The predicted molar refractivity (Wildman–Crippen MR) is 81.2 cm³/mol. The van der Waals surface area contributed by atoms with Gasteiger partial charge in [0.15, 0.2) is 6.10 Å². The third-order valence-electron chi connectivity index (χ3n) is 3.09. The average molecular weight is 311 g/mol. The van der Waals surface area contributed by atoms with E-state index in [1.165, 1.54) is 18.3 Å². The number of nitrogens with one attached hydrogen (secondary N) is 1. The summed E-state index contributed by atoms with van der Waals surface area (Å²) in [7, 11) is 0. The zero-order chi connectivity index (χ0) is 16.0. The van der Waals surface area contributed by atoms with Gasteiger partial charge in [-0.1, -0.05) is 13.8 Å². The Morgan fingerprint density at radius 2 is 1.95 bits per heavy atom. The molecule has 0 aliphatic heterocycles. The Morgan fingerprint density at radius 3 is 2.52 bits per heavy atom. The van der Waals surface area contributed by atoms with Gasteiger partial charge in [-0.25, -0.2) is 0 Å². The second kappa shape index (κ2) is 7.93. The van der Waals surface area contributed by atoms with Crippen LogP contribution in [0.15, 0.2) is 12.1 Å². The first kappa shape index (κ1) is 17.4. The van der Waals surface area contributed by atoms with E-state index in [9.17, 15) is 14.4 Å². The highest BCUT2D eigenvalue weighted by Crippen LogP contribution is 2.19. The van der Waals surface area contributed by atoms with Crippen molar-refractivity contribution in [3.05, 3.63) is 21.9 Å². The number of thiophene rings is 1. The van der Waals surface area contributed by atoms with E-state index in [1.807, 2.05) is 6.92 Å². The van der Waals surface area contributed by atoms with Gasteiger partial charge in [0.1, 0.15) is 0 Å². The maximum Gasteiger partial charge on any atom is 0.309 e. The van der Waals surface area contributed by atoms with E-state index in [4.69, 9.17) is 4.74 Å². The smallest absolute Gasteiger partial charge is 0.309 e. The van der Waals surface area contributed by atoms with E-state index in [2.05, 4.69) is 5.32 Å². The molecule has 5 nitrogen and oxygen atoms in total. The Hall–Kier alpha value is -1.69. The Morgan fingerprint density at radius 1 is 1.29 bits per heavy atom. The van der Waals surface area contributed by atoms with Crippen LogP contribution < -0.4 is 5.32 Å². The minimum atomic E-state index is -0.793. The molecule has 0 aliphatic rings. The molecule has 1 aromatic rings. The fourth-order valence-corrected chi connectivity index (χ4v) is 2.49. The number of amides is 1. The van der Waals surface area contributed by atoms with Crippen LogP contribution >= 0.6 is 11.3 Å². The topological polar surface area (TPSA) is 72.5 Å². The number of carbonyl (C=O) groups excluding carboxylic acids is 3. The minimum absolute atomic E-state index is 0.118. The number of hydrogen-bond acceptors (Lipinski definition) is 5. The molecule has 0 aliphatic carbocycles. The molecule has 1 aromatic heterocycles. The van der Waals surface area contributed by atoms with Gasteiger partial charge in [0.05, 0.1) is 17.3 Å². The van der Waals surface area contributed by atoms with E-state index in [1.54, 1.807) is 26.0 Å². The second-order valence-electron chi connectivity index (χ2n) is 4.93. The van der Waals surface area contributed by atoms with Crippen molar-refractivity contribution >= 4 is 29.0 Å². The highest BCUT2D eigenvalue weighted by molar-refractivity contribution is 7.14. The summed E-state index contributed by atoms with van der Waals surface area (Å²) >= 11 is 1.30. The molecule has 116 valence electrons. The molecule has 2 unspecified atom stereocenters. The summed E-state index contributed by atoms with van der Waals surface area (Å²) in [5.74, 6) is -0.898. The number of carbonyl (C=O) groups is 3. The third kappa shape index (κ3) is 5.30. The lowest BCUT2D eigenvalue weighted by molar-refractivity contribution is -0.150. The van der Waals surface area contributed by atoms with Crippen LogP contribution in [0, 0.1) is 5.92 Å². The Balaban J connectivity index is 2.62. The largest absolute Gasteiger partial charge is 0.454 e. The highest BCUT2D eigenvalue weighted by Gasteiger charge is 2.23. The second-order valence-corrected chi connectivity index (χ2v) is 6.10. The van der Waals surface area contributed by atoms with Crippen molar-refractivity contribution in [2.24, 2.45) is 5.92 Å². The normalized spacial score (nSPS) is 13.3. The number of hydrogen-bond donors (Lipinski definition) is 1. The monoisotopic (exact) mass is 311 g/mol. The van der Waals surface area contributed by atoms with Crippen molar-refractivity contribution in [3.63, 3.8) is 0 Å². The fraction of sp³-hybridized carbons (Fsp3) is 0.533. The molecule has 0 bridgehead atoms. The number of Topliss-reactive ketones (excluding diaryl/α,β-unsaturated/α-hetero) is 1. The SMILES string of the molecule is CCC(C)C(=O)OC(C)C(=O)c1ccc(CNC(C)=O)s1. The van der Waals surface area contributed by atoms with E-state index < -0.39 is 6.10 Å². The fourth-order valence-electron chi connectivity index (χ4n) is 1.53. The molecule has 0 radical (unpaired) electrons. The molecule has 1 heterocycles. The van der Waals surface area contributed by atoms with E-state index in [-0.39, 0.29) is 23.6 Å². The maximum absolute atomic E-state index is 12.2. The Kier molecular flexibility index (Phi) is 6.55. The van der Waals surface area contributed by atoms with E-state index in [0.29, 0.717) is 17.8 Å². The summed E-state index contributed by atoms with van der Waals surface area (Å²) in [5, 5.41) is 2.67. The molecular weight excluding hydrogens is 290 g/mol. The quantitative estimate of drug-likeness (QED) is 0.620. The molecule has 1 N–H and O–H groups in total. The van der Waals surface area contributed by atoms with Crippen molar-refractivity contribution in [1.29, 1.82) is 0 Å². The molecule has 0 fully saturated rings. The first-order chi connectivity index (χ1) is 9.85. The third-order valence-corrected chi connectivity index (χ3v) is 4.19. The highest BCUT2D eigenvalue weighted by atomic mass is 32.1. The van der Waals surface area contributed by atoms with E-state index >= 15 is 0 Å². The Labute approximate surface area is 128 Å². The molecule has 6 heteroatoms. The molecule has 2 atom stereocenters. The van der Waals surface area contributed by atoms with Crippen LogP contribution in [0.3, 0.4) is 0 Å². The van der Waals surface area contributed by atoms with Crippen molar-refractivity contribution in [2.75, 3.05) is 0 Å². The molecule has 0 spiro atoms. The predicted octanol–water partition coefficient (Wildman–Crippen LogP) is 2.54. The van der Waals surface area contributed by atoms with Gasteiger partial charge in [0.25, 0.3) is 0 Å². The van der Waals surface area contributed by atoms with E-state index in [0.717, 1.165) is 4.88 Å². The summed E-state index contributed by atoms with van der Waals surface area (Å²) in [4.78, 5) is 36.1. The van der Waals surface area contributed by atoms with Crippen molar-refractivity contribution in [3.8, 4) is 0 Å². The lowest BCUT2D eigenvalue weighted by Gasteiger charge is -2.14. The summed E-state index contributed by atoms with van der Waals surface area (Å²) in [6.07, 6.45) is -0.113. The van der Waals surface area contributed by atoms with Gasteiger partial charge < -0.3 is 10.1 Å². The van der Waals surface area contributed by atoms with Crippen LogP contribution in [-0.2, 0) is 20.9 Å². The van der Waals surface area contributed by atoms with Gasteiger partial charge in [-0.3, -0.25) is 14.4 Å². The Bertz CT molecular complexity index is 523. The lowest BCUT2D eigenvalue weighted by atomic mass is 10.1. The molecule has 0 aromatic carbocycles. The number of ketones is 1. The number of esters is 1. The van der Waals surface area contributed by atoms with Gasteiger partial charge in [-0.15, -0.1) is 11.3 Å². The van der Waals surface area contributed by atoms with Gasteiger partial charge in [-0.2, -0.15) is 0 Å². The first-order valence-corrected chi connectivity index (χ1v) is 7.74. The minimum Gasteiger partial charge on any atom is -0.454 e. The zero-order valence-corrected chi connectivity index (χ0v) is 13.6. The molecule has 0 saturated heterocycles. The van der Waals surface area contributed by atoms with Crippen molar-refractivity contribution < 1.29 is 19.1 Å².